The molecule has 5 nitrogen and oxygen atoms in total. The number of ether oxygens (including phenoxy) is 1. The van der Waals surface area contributed by atoms with Crippen LogP contribution in [0.15, 0.2) is 39.3 Å². The van der Waals surface area contributed by atoms with Crippen LogP contribution >= 0.6 is 31.9 Å². The van der Waals surface area contributed by atoms with Gasteiger partial charge in [-0.2, -0.15) is 18.3 Å². The molecule has 3 rings (SSSR count). The van der Waals surface area contributed by atoms with Crippen molar-refractivity contribution in [1.29, 1.82) is 0 Å². The average molecular weight is 493 g/mol. The number of benzene rings is 1. The molecule has 0 spiro atoms. The molecular formula is C16H10Br2F3N3O2. The van der Waals surface area contributed by atoms with Crippen LogP contribution in [0.25, 0.3) is 16.9 Å². The van der Waals surface area contributed by atoms with Crippen LogP contribution < -0.4 is 0 Å². The molecule has 0 bridgehead atoms. The van der Waals surface area contributed by atoms with Crippen LogP contribution in [-0.4, -0.2) is 27.2 Å². The van der Waals surface area contributed by atoms with Crippen LogP contribution in [0.2, 0.25) is 0 Å². The first-order valence-electron chi connectivity index (χ1n) is 7.32. The molecule has 0 saturated carbocycles. The summed E-state index contributed by atoms with van der Waals surface area (Å²) in [6.45, 7) is 1.66. The quantitative estimate of drug-likeness (QED) is 0.476. The van der Waals surface area contributed by atoms with Crippen LogP contribution in [0.5, 0.6) is 0 Å². The van der Waals surface area contributed by atoms with Gasteiger partial charge in [-0.3, -0.25) is 0 Å². The van der Waals surface area contributed by atoms with Gasteiger partial charge >= 0.3 is 12.1 Å². The van der Waals surface area contributed by atoms with Crippen molar-refractivity contribution in [1.82, 2.24) is 14.6 Å². The lowest BCUT2D eigenvalue weighted by atomic mass is 10.1. The first-order chi connectivity index (χ1) is 12.2. The van der Waals surface area contributed by atoms with Gasteiger partial charge in [0.1, 0.15) is 0 Å². The Bertz CT molecular complexity index is 985. The van der Waals surface area contributed by atoms with Crippen LogP contribution in [0.3, 0.4) is 0 Å². The van der Waals surface area contributed by atoms with E-state index in [0.29, 0.717) is 10.1 Å². The molecule has 0 aliphatic rings. The summed E-state index contributed by atoms with van der Waals surface area (Å²) in [4.78, 5) is 16.2. The third kappa shape index (κ3) is 3.48. The fourth-order valence-electron chi connectivity index (χ4n) is 2.29. The van der Waals surface area contributed by atoms with Crippen molar-refractivity contribution in [3.05, 3.63) is 50.7 Å². The lowest BCUT2D eigenvalue weighted by Gasteiger charge is -2.11. The molecule has 0 radical (unpaired) electrons. The topological polar surface area (TPSA) is 56.5 Å². The molecule has 0 amide bonds. The van der Waals surface area contributed by atoms with E-state index in [0.717, 1.165) is 10.5 Å². The van der Waals surface area contributed by atoms with Crippen molar-refractivity contribution >= 4 is 43.5 Å². The van der Waals surface area contributed by atoms with Crippen molar-refractivity contribution in [3.8, 4) is 11.3 Å². The normalized spacial score (nSPS) is 11.8. The first kappa shape index (κ1) is 18.8. The Morgan fingerprint density at radius 2 is 1.88 bits per heavy atom. The number of aromatic nitrogens is 3. The summed E-state index contributed by atoms with van der Waals surface area (Å²) in [5.41, 5.74) is -0.837. The molecule has 0 unspecified atom stereocenters. The highest BCUT2D eigenvalue weighted by Crippen LogP contribution is 2.35. The van der Waals surface area contributed by atoms with E-state index in [-0.39, 0.29) is 28.1 Å². The molecular weight excluding hydrogens is 483 g/mol. The predicted octanol–water partition coefficient (Wildman–Crippen LogP) is 5.12. The van der Waals surface area contributed by atoms with Gasteiger partial charge in [0.05, 0.1) is 16.8 Å². The van der Waals surface area contributed by atoms with Crippen molar-refractivity contribution in [2.75, 3.05) is 6.61 Å². The van der Waals surface area contributed by atoms with Gasteiger partial charge in [-0.05, 0) is 41.1 Å². The van der Waals surface area contributed by atoms with Gasteiger partial charge in [0.25, 0.3) is 0 Å². The third-order valence-electron chi connectivity index (χ3n) is 3.43. The standard InChI is InChI=1S/C16H10Br2F3N3O2/c1-2-26-15(25)13-12(18)14-22-10(8-3-5-9(17)6-4-8)7-11(16(19,20)21)24(14)23-13/h3-7H,2H2,1H3. The highest BCUT2D eigenvalue weighted by molar-refractivity contribution is 9.11. The number of hydrogen-bond acceptors (Lipinski definition) is 4. The summed E-state index contributed by atoms with van der Waals surface area (Å²) in [7, 11) is 0. The zero-order chi connectivity index (χ0) is 19.1. The van der Waals surface area contributed by atoms with Gasteiger partial charge in [0.15, 0.2) is 17.0 Å². The van der Waals surface area contributed by atoms with E-state index in [1.807, 2.05) is 0 Å². The van der Waals surface area contributed by atoms with Gasteiger partial charge in [-0.25, -0.2) is 14.3 Å². The fourth-order valence-corrected chi connectivity index (χ4v) is 3.05. The SMILES string of the molecule is CCOC(=O)c1nn2c(C(F)(F)F)cc(-c3ccc(Br)cc3)nc2c1Br. The molecule has 0 N–H and O–H groups in total. The minimum atomic E-state index is -4.69. The number of alkyl halides is 3. The molecule has 10 heteroatoms. The van der Waals surface area contributed by atoms with Gasteiger partial charge in [-0.15, -0.1) is 0 Å². The maximum atomic E-state index is 13.5. The molecule has 0 atom stereocenters. The van der Waals surface area contributed by atoms with Gasteiger partial charge < -0.3 is 4.74 Å². The Labute approximate surface area is 162 Å². The van der Waals surface area contributed by atoms with E-state index in [4.69, 9.17) is 4.74 Å². The van der Waals surface area contributed by atoms with Crippen LogP contribution in [0, 0.1) is 0 Å². The van der Waals surface area contributed by atoms with E-state index in [1.165, 1.54) is 0 Å². The molecule has 0 fully saturated rings. The average Bonchev–Trinajstić information content (AvgIpc) is 2.91. The molecule has 3 aromatic rings. The summed E-state index contributed by atoms with van der Waals surface area (Å²) in [5, 5.41) is 3.75. The van der Waals surface area contributed by atoms with Crippen molar-refractivity contribution < 1.29 is 22.7 Å². The Morgan fingerprint density at radius 3 is 2.46 bits per heavy atom. The number of fused-ring (bicyclic) bond motifs is 1. The third-order valence-corrected chi connectivity index (χ3v) is 4.69. The Kier molecular flexibility index (Phi) is 5.07. The van der Waals surface area contributed by atoms with Crippen LogP contribution in [0.1, 0.15) is 23.1 Å². The van der Waals surface area contributed by atoms with E-state index in [9.17, 15) is 18.0 Å². The second-order valence-corrected chi connectivity index (χ2v) is 6.86. The Balaban J connectivity index is 2.28. The monoisotopic (exact) mass is 491 g/mol. The minimum absolute atomic E-state index is 0.0420. The lowest BCUT2D eigenvalue weighted by Crippen LogP contribution is -2.14. The largest absolute Gasteiger partial charge is 0.461 e. The fraction of sp³-hybridized carbons (Fsp3) is 0.188. The van der Waals surface area contributed by atoms with Gasteiger partial charge in [0, 0.05) is 10.0 Å². The molecule has 136 valence electrons. The molecule has 26 heavy (non-hydrogen) atoms. The van der Waals surface area contributed by atoms with Crippen LogP contribution in [0.4, 0.5) is 13.2 Å². The van der Waals surface area contributed by atoms with Crippen LogP contribution in [-0.2, 0) is 10.9 Å². The number of halogens is 5. The van der Waals surface area contributed by atoms with Crippen molar-refractivity contribution in [3.63, 3.8) is 0 Å². The predicted molar refractivity (Wildman–Crippen MR) is 94.8 cm³/mol. The second kappa shape index (κ2) is 6.99. The smallest absolute Gasteiger partial charge is 0.433 e. The molecule has 0 saturated heterocycles. The molecule has 0 aliphatic heterocycles. The number of hydrogen-bond donors (Lipinski definition) is 0. The highest BCUT2D eigenvalue weighted by Gasteiger charge is 2.36. The van der Waals surface area contributed by atoms with Crippen molar-refractivity contribution in [2.45, 2.75) is 13.1 Å². The Hall–Kier alpha value is -1.94. The van der Waals surface area contributed by atoms with E-state index in [2.05, 4.69) is 41.9 Å². The summed E-state index contributed by atoms with van der Waals surface area (Å²) >= 11 is 6.40. The number of esters is 1. The van der Waals surface area contributed by atoms with Gasteiger partial charge in [0.2, 0.25) is 0 Å². The number of carbonyl (C=O) groups is 1. The van der Waals surface area contributed by atoms with Crippen molar-refractivity contribution in [2.24, 2.45) is 0 Å². The second-order valence-electron chi connectivity index (χ2n) is 5.15. The zero-order valence-corrected chi connectivity index (χ0v) is 16.3. The lowest BCUT2D eigenvalue weighted by molar-refractivity contribution is -0.142. The number of carbonyl (C=O) groups excluding carboxylic acids is 1. The van der Waals surface area contributed by atoms with Gasteiger partial charge in [-0.1, -0.05) is 28.1 Å². The first-order valence-corrected chi connectivity index (χ1v) is 8.90. The van der Waals surface area contributed by atoms with E-state index < -0.39 is 17.8 Å². The number of rotatable bonds is 3. The van der Waals surface area contributed by atoms with E-state index in [1.54, 1.807) is 31.2 Å². The molecule has 1 aromatic carbocycles. The summed E-state index contributed by atoms with van der Waals surface area (Å²) < 4.78 is 46.9. The Morgan fingerprint density at radius 1 is 1.23 bits per heavy atom. The summed E-state index contributed by atoms with van der Waals surface area (Å²) in [5.74, 6) is -0.830. The summed E-state index contributed by atoms with van der Waals surface area (Å²) in [6.07, 6.45) is -4.69. The zero-order valence-electron chi connectivity index (χ0n) is 13.1. The minimum Gasteiger partial charge on any atom is -0.461 e. The van der Waals surface area contributed by atoms with E-state index >= 15 is 0 Å². The molecule has 0 aliphatic carbocycles. The summed E-state index contributed by atoms with van der Waals surface area (Å²) in [6, 6.07) is 7.57. The highest BCUT2D eigenvalue weighted by atomic mass is 79.9. The molecule has 2 heterocycles. The maximum absolute atomic E-state index is 13.5. The molecule has 2 aromatic heterocycles. The number of nitrogens with zero attached hydrogens (tertiary/aromatic N) is 3. The maximum Gasteiger partial charge on any atom is 0.433 e.